The van der Waals surface area contributed by atoms with Crippen molar-refractivity contribution < 1.29 is 14.7 Å². The summed E-state index contributed by atoms with van der Waals surface area (Å²) in [5.41, 5.74) is 9.58. The van der Waals surface area contributed by atoms with Crippen molar-refractivity contribution in [3.8, 4) is 0 Å². The predicted molar refractivity (Wildman–Crippen MR) is 63.0 cm³/mol. The highest BCUT2D eigenvalue weighted by atomic mass is 35.5. The van der Waals surface area contributed by atoms with Gasteiger partial charge in [0.25, 0.3) is 0 Å². The number of benzene rings is 1. The van der Waals surface area contributed by atoms with E-state index in [2.05, 4.69) is 5.48 Å². The quantitative estimate of drug-likeness (QED) is 0.749. The van der Waals surface area contributed by atoms with Gasteiger partial charge in [-0.2, -0.15) is 0 Å². The molecule has 0 amide bonds. The fourth-order valence-electron chi connectivity index (χ4n) is 1.49. The first kappa shape index (κ1) is 11.9. The van der Waals surface area contributed by atoms with Gasteiger partial charge in [-0.3, -0.25) is 15.1 Å². The van der Waals surface area contributed by atoms with Crippen LogP contribution < -0.4 is 11.2 Å². The number of hydrogen-bond acceptors (Lipinski definition) is 4. The largest absolute Gasteiger partial charge is 0.480 e. The lowest BCUT2D eigenvalue weighted by atomic mass is 10.1. The molecule has 0 unspecified atom stereocenters. The Kier molecular flexibility index (Phi) is 3.33. The van der Waals surface area contributed by atoms with Gasteiger partial charge in [0.1, 0.15) is 12.1 Å². The summed E-state index contributed by atoms with van der Waals surface area (Å²) >= 11 is 5.86. The topological polar surface area (TPSA) is 84.6 Å². The molecule has 17 heavy (non-hydrogen) atoms. The Morgan fingerprint density at radius 2 is 2.35 bits per heavy atom. The normalized spacial score (nSPS) is 20.6. The van der Waals surface area contributed by atoms with E-state index in [-0.39, 0.29) is 0 Å². The Hall–Kier alpha value is -1.56. The number of nitrogens with one attached hydrogen (secondary N) is 1. The zero-order valence-corrected chi connectivity index (χ0v) is 9.52. The van der Waals surface area contributed by atoms with E-state index in [1.54, 1.807) is 24.3 Å². The summed E-state index contributed by atoms with van der Waals surface area (Å²) < 4.78 is 0. The number of hydroxylamine groups is 1. The second-order valence-corrected chi connectivity index (χ2v) is 4.08. The molecule has 0 saturated carbocycles. The molecule has 1 aliphatic rings. The monoisotopic (exact) mass is 254 g/mol. The molecule has 1 heterocycles. The molecular formula is C11H11ClN2O3. The van der Waals surface area contributed by atoms with Gasteiger partial charge >= 0.3 is 5.97 Å². The molecule has 2 atom stereocenters. The third kappa shape index (κ3) is 2.58. The van der Waals surface area contributed by atoms with Gasteiger partial charge in [-0.05, 0) is 18.2 Å². The molecule has 0 spiro atoms. The molecule has 2 rings (SSSR count). The number of carbonyl (C=O) groups is 1. The molecule has 90 valence electrons. The van der Waals surface area contributed by atoms with Crippen molar-refractivity contribution in [2.45, 2.75) is 12.1 Å². The molecule has 5 nitrogen and oxygen atoms in total. The first-order valence-corrected chi connectivity index (χ1v) is 5.33. The number of hydrogen-bond donors (Lipinski definition) is 3. The zero-order valence-electron chi connectivity index (χ0n) is 8.76. The number of aliphatic carboxylic acids is 1. The van der Waals surface area contributed by atoms with Gasteiger partial charge in [-0.15, -0.1) is 0 Å². The first-order chi connectivity index (χ1) is 8.08. The molecule has 0 fully saturated rings. The van der Waals surface area contributed by atoms with Crippen molar-refractivity contribution in [3.63, 3.8) is 0 Å². The number of carboxylic acids is 1. The summed E-state index contributed by atoms with van der Waals surface area (Å²) in [6.45, 7) is 0. The molecule has 1 aromatic carbocycles. The summed E-state index contributed by atoms with van der Waals surface area (Å²) in [6, 6.07) is 6.03. The average Bonchev–Trinajstić information content (AvgIpc) is 2.77. The van der Waals surface area contributed by atoms with Crippen LogP contribution in [0.15, 0.2) is 30.3 Å². The summed E-state index contributed by atoms with van der Waals surface area (Å²) in [7, 11) is 0. The molecule has 4 N–H and O–H groups in total. The standard InChI is InChI=1S/C11H11ClN2O3/c12-7-3-1-2-6(4-7)8-5-9(17-14-8)10(13)11(15)16/h1-5,9-10,14H,13H2,(H,15,16)/t9-,10-/m0/s1. The zero-order chi connectivity index (χ0) is 12.4. The maximum Gasteiger partial charge on any atom is 0.323 e. The summed E-state index contributed by atoms with van der Waals surface area (Å²) in [5, 5.41) is 9.35. The molecule has 0 radical (unpaired) electrons. The van der Waals surface area contributed by atoms with Crippen LogP contribution in [0, 0.1) is 0 Å². The fourth-order valence-corrected chi connectivity index (χ4v) is 1.68. The van der Waals surface area contributed by atoms with Crippen molar-refractivity contribution in [1.82, 2.24) is 5.48 Å². The van der Waals surface area contributed by atoms with Gasteiger partial charge in [0.05, 0.1) is 5.70 Å². The fraction of sp³-hybridized carbons (Fsp3) is 0.182. The minimum Gasteiger partial charge on any atom is -0.480 e. The van der Waals surface area contributed by atoms with E-state index in [1.807, 2.05) is 6.07 Å². The van der Waals surface area contributed by atoms with Gasteiger partial charge in [-0.25, -0.2) is 0 Å². The third-order valence-electron chi connectivity index (χ3n) is 2.41. The predicted octanol–water partition coefficient (Wildman–Crippen LogP) is 0.996. The van der Waals surface area contributed by atoms with E-state index in [9.17, 15) is 4.79 Å². The highest BCUT2D eigenvalue weighted by Gasteiger charge is 2.28. The van der Waals surface area contributed by atoms with Crippen LogP contribution in [0.25, 0.3) is 5.70 Å². The van der Waals surface area contributed by atoms with E-state index in [4.69, 9.17) is 27.3 Å². The second kappa shape index (κ2) is 4.75. The number of carboxylic acid groups (broad SMARTS) is 1. The minimum atomic E-state index is -1.11. The highest BCUT2D eigenvalue weighted by molar-refractivity contribution is 6.30. The number of nitrogens with two attached hydrogens (primary N) is 1. The lowest BCUT2D eigenvalue weighted by Gasteiger charge is -2.10. The van der Waals surface area contributed by atoms with Crippen LogP contribution in [0.3, 0.4) is 0 Å². The lowest BCUT2D eigenvalue weighted by molar-refractivity contribution is -0.141. The van der Waals surface area contributed by atoms with Gasteiger partial charge in [0.15, 0.2) is 0 Å². The minimum absolute atomic E-state index is 0.594. The van der Waals surface area contributed by atoms with Crippen molar-refractivity contribution in [2.24, 2.45) is 5.73 Å². The Labute approximate surface area is 103 Å². The maximum atomic E-state index is 10.7. The van der Waals surface area contributed by atoms with E-state index in [1.165, 1.54) is 0 Å². The van der Waals surface area contributed by atoms with E-state index in [0.717, 1.165) is 5.56 Å². The van der Waals surface area contributed by atoms with Crippen LogP contribution in [-0.4, -0.2) is 23.2 Å². The van der Waals surface area contributed by atoms with Crippen LogP contribution in [0.2, 0.25) is 5.02 Å². The Bertz CT molecular complexity index is 476. The first-order valence-electron chi connectivity index (χ1n) is 4.96. The Balaban J connectivity index is 2.19. The summed E-state index contributed by atoms with van der Waals surface area (Å²) in [4.78, 5) is 15.8. The van der Waals surface area contributed by atoms with E-state index < -0.39 is 18.1 Å². The number of rotatable bonds is 3. The Morgan fingerprint density at radius 1 is 1.59 bits per heavy atom. The Morgan fingerprint density at radius 3 is 3.00 bits per heavy atom. The van der Waals surface area contributed by atoms with Crippen LogP contribution in [0.5, 0.6) is 0 Å². The SMILES string of the molecule is N[C@H](C(=O)O)[C@@H]1C=C(c2cccc(Cl)c2)NO1. The molecule has 0 saturated heterocycles. The summed E-state index contributed by atoms with van der Waals surface area (Å²) in [5.74, 6) is -1.11. The van der Waals surface area contributed by atoms with Crippen molar-refractivity contribution >= 4 is 23.3 Å². The second-order valence-electron chi connectivity index (χ2n) is 3.64. The molecule has 0 aromatic heterocycles. The van der Waals surface area contributed by atoms with Gasteiger partial charge < -0.3 is 10.8 Å². The van der Waals surface area contributed by atoms with Gasteiger partial charge in [0, 0.05) is 10.6 Å². The van der Waals surface area contributed by atoms with Crippen molar-refractivity contribution in [3.05, 3.63) is 40.9 Å². The lowest BCUT2D eigenvalue weighted by Crippen LogP contribution is -2.41. The molecule has 6 heteroatoms. The van der Waals surface area contributed by atoms with Gasteiger partial charge in [0.2, 0.25) is 0 Å². The third-order valence-corrected chi connectivity index (χ3v) is 2.65. The smallest absolute Gasteiger partial charge is 0.323 e. The molecule has 0 bridgehead atoms. The molecule has 1 aromatic rings. The molecular weight excluding hydrogens is 244 g/mol. The van der Waals surface area contributed by atoms with E-state index >= 15 is 0 Å². The number of halogens is 1. The van der Waals surface area contributed by atoms with Crippen molar-refractivity contribution in [2.75, 3.05) is 0 Å². The van der Waals surface area contributed by atoms with Crippen LogP contribution >= 0.6 is 11.6 Å². The molecule has 1 aliphatic heterocycles. The average molecular weight is 255 g/mol. The van der Waals surface area contributed by atoms with Crippen molar-refractivity contribution in [1.29, 1.82) is 0 Å². The van der Waals surface area contributed by atoms with Crippen LogP contribution in [-0.2, 0) is 9.63 Å². The van der Waals surface area contributed by atoms with E-state index in [0.29, 0.717) is 10.7 Å². The maximum absolute atomic E-state index is 10.7. The van der Waals surface area contributed by atoms with Crippen LogP contribution in [0.1, 0.15) is 5.56 Å². The van der Waals surface area contributed by atoms with Crippen LogP contribution in [0.4, 0.5) is 0 Å². The van der Waals surface area contributed by atoms with Gasteiger partial charge in [-0.1, -0.05) is 23.7 Å². The highest BCUT2D eigenvalue weighted by Crippen LogP contribution is 2.22. The molecule has 0 aliphatic carbocycles. The summed E-state index contributed by atoms with van der Waals surface area (Å²) in [6.07, 6.45) is 0.936.